The van der Waals surface area contributed by atoms with E-state index < -0.39 is 0 Å². The van der Waals surface area contributed by atoms with Crippen molar-refractivity contribution in [1.82, 2.24) is 5.32 Å². The van der Waals surface area contributed by atoms with Gasteiger partial charge in [-0.05, 0) is 24.6 Å². The lowest BCUT2D eigenvalue weighted by Crippen LogP contribution is -2.18. The van der Waals surface area contributed by atoms with Crippen LogP contribution in [0.1, 0.15) is 30.1 Å². The third kappa shape index (κ3) is 3.48. The van der Waals surface area contributed by atoms with Gasteiger partial charge in [-0.2, -0.15) is 0 Å². The average molecular weight is 250 g/mol. The Bertz CT molecular complexity index is 444. The number of amides is 2. The molecule has 98 valence electrons. The summed E-state index contributed by atoms with van der Waals surface area (Å²) in [6, 6.07) is 4.91. The third-order valence-electron chi connectivity index (χ3n) is 2.44. The van der Waals surface area contributed by atoms with E-state index in [-0.39, 0.29) is 11.8 Å². The second-order valence-corrected chi connectivity index (χ2v) is 3.79. The van der Waals surface area contributed by atoms with Gasteiger partial charge in [0.05, 0.1) is 12.8 Å². The molecule has 1 aromatic rings. The first-order chi connectivity index (χ1) is 8.62. The molecule has 0 spiro atoms. The highest BCUT2D eigenvalue weighted by atomic mass is 16.5. The Morgan fingerprint density at radius 3 is 2.61 bits per heavy atom. The van der Waals surface area contributed by atoms with Crippen LogP contribution in [0.3, 0.4) is 0 Å². The van der Waals surface area contributed by atoms with E-state index in [1.54, 1.807) is 25.2 Å². The van der Waals surface area contributed by atoms with E-state index in [4.69, 9.17) is 4.74 Å². The van der Waals surface area contributed by atoms with Gasteiger partial charge in [-0.3, -0.25) is 9.59 Å². The molecule has 0 bridgehead atoms. The van der Waals surface area contributed by atoms with Gasteiger partial charge in [0.25, 0.3) is 5.91 Å². The first-order valence-corrected chi connectivity index (χ1v) is 5.82. The molecule has 5 nitrogen and oxygen atoms in total. The quantitative estimate of drug-likeness (QED) is 0.837. The minimum Gasteiger partial charge on any atom is -0.495 e. The molecule has 2 amide bonds. The molecule has 0 fully saturated rings. The first kappa shape index (κ1) is 14.0. The predicted molar refractivity (Wildman–Crippen MR) is 69.9 cm³/mol. The summed E-state index contributed by atoms with van der Waals surface area (Å²) in [7, 11) is 3.08. The third-order valence-corrected chi connectivity index (χ3v) is 2.44. The Morgan fingerprint density at radius 2 is 2.06 bits per heavy atom. The zero-order chi connectivity index (χ0) is 13.5. The van der Waals surface area contributed by atoms with E-state index in [2.05, 4.69) is 10.6 Å². The highest BCUT2D eigenvalue weighted by molar-refractivity contribution is 5.98. The molecule has 0 saturated heterocycles. The molecular weight excluding hydrogens is 232 g/mol. The van der Waals surface area contributed by atoms with E-state index in [9.17, 15) is 9.59 Å². The first-order valence-electron chi connectivity index (χ1n) is 5.82. The van der Waals surface area contributed by atoms with E-state index >= 15 is 0 Å². The fourth-order valence-electron chi connectivity index (χ4n) is 1.53. The lowest BCUT2D eigenvalue weighted by atomic mass is 10.1. The number of hydrogen-bond acceptors (Lipinski definition) is 3. The molecule has 0 heterocycles. The maximum absolute atomic E-state index is 11.6. The van der Waals surface area contributed by atoms with Gasteiger partial charge in [0, 0.05) is 19.0 Å². The van der Waals surface area contributed by atoms with Crippen molar-refractivity contribution >= 4 is 17.5 Å². The number of ether oxygens (including phenoxy) is 1. The number of carbonyl (C=O) groups excluding carboxylic acids is 2. The molecular formula is C13H18N2O3. The van der Waals surface area contributed by atoms with Gasteiger partial charge < -0.3 is 15.4 Å². The fraction of sp³-hybridized carbons (Fsp3) is 0.385. The molecule has 5 heteroatoms. The number of rotatable bonds is 5. The maximum Gasteiger partial charge on any atom is 0.251 e. The van der Waals surface area contributed by atoms with Crippen LogP contribution in [0.15, 0.2) is 18.2 Å². The van der Waals surface area contributed by atoms with Gasteiger partial charge in [0.2, 0.25) is 5.91 Å². The summed E-state index contributed by atoms with van der Waals surface area (Å²) in [5.41, 5.74) is 0.988. The lowest BCUT2D eigenvalue weighted by molar-refractivity contribution is -0.116. The molecule has 18 heavy (non-hydrogen) atoms. The van der Waals surface area contributed by atoms with Gasteiger partial charge in [-0.1, -0.05) is 6.92 Å². The van der Waals surface area contributed by atoms with Crippen molar-refractivity contribution in [3.63, 3.8) is 0 Å². The van der Waals surface area contributed by atoms with Crippen LogP contribution < -0.4 is 15.4 Å². The van der Waals surface area contributed by atoms with Gasteiger partial charge in [-0.25, -0.2) is 0 Å². The number of benzene rings is 1. The van der Waals surface area contributed by atoms with Crippen LogP contribution in [0.4, 0.5) is 5.69 Å². The zero-order valence-electron chi connectivity index (χ0n) is 10.9. The minimum atomic E-state index is -0.205. The van der Waals surface area contributed by atoms with Crippen LogP contribution >= 0.6 is 0 Å². The maximum atomic E-state index is 11.6. The Hall–Kier alpha value is -2.04. The van der Waals surface area contributed by atoms with Crippen LogP contribution in [-0.4, -0.2) is 26.0 Å². The number of hydrogen-bond donors (Lipinski definition) is 2. The second-order valence-electron chi connectivity index (χ2n) is 3.79. The van der Waals surface area contributed by atoms with Gasteiger partial charge in [0.15, 0.2) is 0 Å². The van der Waals surface area contributed by atoms with Crippen LogP contribution in [-0.2, 0) is 4.79 Å². The van der Waals surface area contributed by atoms with Crippen LogP contribution in [0.25, 0.3) is 0 Å². The largest absolute Gasteiger partial charge is 0.495 e. The van der Waals surface area contributed by atoms with Crippen molar-refractivity contribution in [1.29, 1.82) is 0 Å². The summed E-state index contributed by atoms with van der Waals surface area (Å²) in [5.74, 6) is 0.237. The number of nitrogens with one attached hydrogen (secondary N) is 2. The molecule has 0 saturated carbocycles. The molecule has 0 aliphatic rings. The summed E-state index contributed by atoms with van der Waals surface area (Å²) in [4.78, 5) is 23.1. The SMILES string of the molecule is CCCC(=O)Nc1cc(C(=O)NC)ccc1OC. The molecule has 0 aliphatic carbocycles. The van der Waals surface area contributed by atoms with Crippen molar-refractivity contribution in [3.8, 4) is 5.75 Å². The fourth-order valence-corrected chi connectivity index (χ4v) is 1.53. The Balaban J connectivity index is 2.98. The summed E-state index contributed by atoms with van der Waals surface area (Å²) < 4.78 is 5.15. The topological polar surface area (TPSA) is 67.4 Å². The monoisotopic (exact) mass is 250 g/mol. The average Bonchev–Trinajstić information content (AvgIpc) is 2.38. The van der Waals surface area contributed by atoms with E-state index in [1.165, 1.54) is 7.11 Å². The molecule has 1 aromatic carbocycles. The van der Waals surface area contributed by atoms with Crippen molar-refractivity contribution in [2.75, 3.05) is 19.5 Å². The van der Waals surface area contributed by atoms with Gasteiger partial charge in [-0.15, -0.1) is 0 Å². The standard InChI is InChI=1S/C13H18N2O3/c1-4-5-12(16)15-10-8-9(13(17)14-2)6-7-11(10)18-3/h6-8H,4-5H2,1-3H3,(H,14,17)(H,15,16). The van der Waals surface area contributed by atoms with E-state index in [1.807, 2.05) is 6.92 Å². The molecule has 0 aliphatic heterocycles. The van der Waals surface area contributed by atoms with Crippen LogP contribution in [0.2, 0.25) is 0 Å². The van der Waals surface area contributed by atoms with Crippen molar-refractivity contribution in [2.24, 2.45) is 0 Å². The van der Waals surface area contributed by atoms with E-state index in [0.717, 1.165) is 6.42 Å². The Morgan fingerprint density at radius 1 is 1.33 bits per heavy atom. The Labute approximate surface area is 107 Å². The zero-order valence-corrected chi connectivity index (χ0v) is 10.9. The smallest absolute Gasteiger partial charge is 0.251 e. The molecule has 0 aromatic heterocycles. The summed E-state index contributed by atoms with van der Waals surface area (Å²) in [5, 5.41) is 5.27. The number of carbonyl (C=O) groups is 2. The predicted octanol–water partition coefficient (Wildman–Crippen LogP) is 1.79. The highest BCUT2D eigenvalue weighted by Gasteiger charge is 2.11. The molecule has 0 atom stereocenters. The van der Waals surface area contributed by atoms with Gasteiger partial charge in [0.1, 0.15) is 5.75 Å². The molecule has 2 N–H and O–H groups in total. The van der Waals surface area contributed by atoms with Crippen LogP contribution in [0, 0.1) is 0 Å². The van der Waals surface area contributed by atoms with Crippen molar-refractivity contribution in [3.05, 3.63) is 23.8 Å². The second kappa shape index (κ2) is 6.64. The number of methoxy groups -OCH3 is 1. The molecule has 0 unspecified atom stereocenters. The lowest BCUT2D eigenvalue weighted by Gasteiger charge is -2.11. The summed E-state index contributed by atoms with van der Waals surface area (Å²) >= 11 is 0. The molecule has 0 radical (unpaired) electrons. The number of anilines is 1. The minimum absolute atomic E-state index is 0.0927. The summed E-state index contributed by atoms with van der Waals surface area (Å²) in [6.07, 6.45) is 1.21. The van der Waals surface area contributed by atoms with Crippen LogP contribution in [0.5, 0.6) is 5.75 Å². The summed E-state index contributed by atoms with van der Waals surface area (Å²) in [6.45, 7) is 1.93. The molecule has 1 rings (SSSR count). The highest BCUT2D eigenvalue weighted by Crippen LogP contribution is 2.25. The Kier molecular flexibility index (Phi) is 5.17. The van der Waals surface area contributed by atoms with Crippen molar-refractivity contribution < 1.29 is 14.3 Å². The van der Waals surface area contributed by atoms with Gasteiger partial charge >= 0.3 is 0 Å². The van der Waals surface area contributed by atoms with E-state index in [0.29, 0.717) is 23.4 Å². The van der Waals surface area contributed by atoms with Crippen molar-refractivity contribution in [2.45, 2.75) is 19.8 Å². The normalized spacial score (nSPS) is 9.72.